The van der Waals surface area contributed by atoms with Crippen LogP contribution in [-0.4, -0.2) is 60.6 Å². The lowest BCUT2D eigenvalue weighted by atomic mass is 9.79. The van der Waals surface area contributed by atoms with Gasteiger partial charge in [-0.25, -0.2) is 0 Å². The van der Waals surface area contributed by atoms with Gasteiger partial charge in [-0.2, -0.15) is 0 Å². The van der Waals surface area contributed by atoms with E-state index in [9.17, 15) is 0 Å². The van der Waals surface area contributed by atoms with Gasteiger partial charge < -0.3 is 15.1 Å². The average molecular weight is 490 g/mol. The summed E-state index contributed by atoms with van der Waals surface area (Å²) in [5.41, 5.74) is 0. The van der Waals surface area contributed by atoms with Crippen molar-refractivity contribution in [3.8, 4) is 0 Å². The van der Waals surface area contributed by atoms with Crippen LogP contribution in [0.15, 0.2) is 0 Å². The normalized spacial score (nSPS) is 33.3. The lowest BCUT2D eigenvalue weighted by Crippen LogP contribution is -2.46. The Balaban J connectivity index is 1.40. The number of nitrogens with zero attached hydrogens (tertiary/aromatic N) is 2. The fourth-order valence-electron chi connectivity index (χ4n) is 7.71. The Morgan fingerprint density at radius 1 is 0.800 bits per heavy atom. The Bertz CT molecular complexity index is 567. The fourth-order valence-corrected chi connectivity index (χ4v) is 7.71. The van der Waals surface area contributed by atoms with Crippen molar-refractivity contribution in [2.75, 3.05) is 32.7 Å². The van der Waals surface area contributed by atoms with Crippen LogP contribution in [0.4, 0.5) is 0 Å². The highest BCUT2D eigenvalue weighted by atomic mass is 15.2. The zero-order valence-electron chi connectivity index (χ0n) is 24.9. The Morgan fingerprint density at radius 2 is 1.51 bits per heavy atom. The monoisotopic (exact) mass is 490 g/mol. The van der Waals surface area contributed by atoms with Gasteiger partial charge in [0.05, 0.1) is 0 Å². The molecule has 0 spiro atoms. The second-order valence-corrected chi connectivity index (χ2v) is 13.9. The van der Waals surface area contributed by atoms with Crippen molar-refractivity contribution in [3.05, 3.63) is 0 Å². The Labute approximate surface area is 220 Å². The van der Waals surface area contributed by atoms with Crippen molar-refractivity contribution in [3.63, 3.8) is 0 Å². The Morgan fingerprint density at radius 3 is 2.17 bits per heavy atom. The standard InChI is InChI=1S/C32H63N3/c1-8-28-12-10-18-35(22-28)27(7)19-29-20-31(25(4)5)23-34(21-29)17-9-11-26(6)33-32-15-13-30(14-16-32)24(2)3/h24-33H,8-23H2,1-7H3/t26?,27?,28-,29?,30?,31?,32?/m1/s1. The summed E-state index contributed by atoms with van der Waals surface area (Å²) in [6.07, 6.45) is 15.4. The summed E-state index contributed by atoms with van der Waals surface area (Å²) in [6, 6.07) is 2.20. The van der Waals surface area contributed by atoms with E-state index < -0.39 is 0 Å². The first-order valence-electron chi connectivity index (χ1n) is 16.0. The molecule has 3 rings (SSSR count). The fraction of sp³-hybridized carbons (Fsp3) is 1.00. The van der Waals surface area contributed by atoms with Crippen LogP contribution in [0.2, 0.25) is 0 Å². The maximum Gasteiger partial charge on any atom is 0.00701 e. The van der Waals surface area contributed by atoms with Crippen LogP contribution in [0.3, 0.4) is 0 Å². The van der Waals surface area contributed by atoms with Crippen LogP contribution in [-0.2, 0) is 0 Å². The number of hydrogen-bond acceptors (Lipinski definition) is 3. The van der Waals surface area contributed by atoms with E-state index in [4.69, 9.17) is 0 Å². The van der Waals surface area contributed by atoms with Gasteiger partial charge in [0.2, 0.25) is 0 Å². The molecule has 206 valence electrons. The molecule has 1 saturated carbocycles. The first-order valence-corrected chi connectivity index (χ1v) is 16.0. The second-order valence-electron chi connectivity index (χ2n) is 13.9. The zero-order valence-corrected chi connectivity index (χ0v) is 24.9. The van der Waals surface area contributed by atoms with Gasteiger partial charge in [-0.15, -0.1) is 0 Å². The number of rotatable bonds is 12. The molecule has 0 aromatic rings. The molecule has 0 aromatic carbocycles. The number of piperidine rings is 2. The smallest absolute Gasteiger partial charge is 0.00701 e. The molecule has 5 atom stereocenters. The molecule has 2 heterocycles. The molecule has 0 amide bonds. The van der Waals surface area contributed by atoms with Crippen molar-refractivity contribution < 1.29 is 0 Å². The molecular formula is C32H63N3. The summed E-state index contributed by atoms with van der Waals surface area (Å²) in [6.45, 7) is 23.8. The van der Waals surface area contributed by atoms with Crippen LogP contribution >= 0.6 is 0 Å². The highest BCUT2D eigenvalue weighted by Crippen LogP contribution is 2.33. The third-order valence-electron chi connectivity index (χ3n) is 10.4. The Hall–Kier alpha value is -0.120. The predicted octanol–water partition coefficient (Wildman–Crippen LogP) is 7.45. The highest BCUT2D eigenvalue weighted by Gasteiger charge is 2.32. The molecule has 3 heteroatoms. The van der Waals surface area contributed by atoms with Crippen LogP contribution in [0, 0.1) is 35.5 Å². The van der Waals surface area contributed by atoms with Gasteiger partial charge in [-0.05, 0) is 127 Å². The van der Waals surface area contributed by atoms with Gasteiger partial charge in [0.15, 0.2) is 0 Å². The maximum absolute atomic E-state index is 4.00. The number of likely N-dealkylation sites (tertiary alicyclic amines) is 2. The van der Waals surface area contributed by atoms with Gasteiger partial charge in [0.25, 0.3) is 0 Å². The van der Waals surface area contributed by atoms with E-state index in [1.54, 1.807) is 0 Å². The Kier molecular flexibility index (Phi) is 12.4. The van der Waals surface area contributed by atoms with Crippen LogP contribution in [0.25, 0.3) is 0 Å². The minimum Gasteiger partial charge on any atom is -0.312 e. The molecular weight excluding hydrogens is 426 g/mol. The first-order chi connectivity index (χ1) is 16.7. The average Bonchev–Trinajstić information content (AvgIpc) is 2.84. The first kappa shape index (κ1) is 29.4. The lowest BCUT2D eigenvalue weighted by molar-refractivity contribution is 0.0625. The highest BCUT2D eigenvalue weighted by molar-refractivity contribution is 4.86. The molecule has 1 N–H and O–H groups in total. The van der Waals surface area contributed by atoms with Gasteiger partial charge in [-0.1, -0.05) is 41.0 Å². The topological polar surface area (TPSA) is 18.5 Å². The molecule has 3 fully saturated rings. The van der Waals surface area contributed by atoms with E-state index in [0.717, 1.165) is 47.6 Å². The van der Waals surface area contributed by atoms with Crippen LogP contribution in [0.5, 0.6) is 0 Å². The molecule has 4 unspecified atom stereocenters. The molecule has 2 saturated heterocycles. The van der Waals surface area contributed by atoms with Gasteiger partial charge in [-0.3, -0.25) is 0 Å². The van der Waals surface area contributed by atoms with Crippen LogP contribution < -0.4 is 5.32 Å². The molecule has 0 aromatic heterocycles. The van der Waals surface area contributed by atoms with E-state index >= 15 is 0 Å². The maximum atomic E-state index is 4.00. The summed E-state index contributed by atoms with van der Waals surface area (Å²) < 4.78 is 0. The molecule has 2 aliphatic heterocycles. The molecule has 0 radical (unpaired) electrons. The summed E-state index contributed by atoms with van der Waals surface area (Å²) in [7, 11) is 0. The van der Waals surface area contributed by atoms with E-state index in [1.807, 2.05) is 0 Å². The number of hydrogen-bond donors (Lipinski definition) is 1. The van der Waals surface area contributed by atoms with Crippen molar-refractivity contribution in [2.45, 2.75) is 137 Å². The van der Waals surface area contributed by atoms with Gasteiger partial charge in [0, 0.05) is 37.8 Å². The third-order valence-corrected chi connectivity index (χ3v) is 10.4. The largest absolute Gasteiger partial charge is 0.312 e. The van der Waals surface area contributed by atoms with E-state index in [-0.39, 0.29) is 0 Å². The van der Waals surface area contributed by atoms with Gasteiger partial charge >= 0.3 is 0 Å². The molecule has 35 heavy (non-hydrogen) atoms. The van der Waals surface area contributed by atoms with Crippen LogP contribution in [0.1, 0.15) is 119 Å². The van der Waals surface area contributed by atoms with Gasteiger partial charge in [0.1, 0.15) is 0 Å². The SMILES string of the molecule is CC[C@@H]1CCCN(C(C)CC2CC(C(C)C)CN(CCCC(C)NC3CCC(C(C)C)CC3)C2)C1. The summed E-state index contributed by atoms with van der Waals surface area (Å²) in [5, 5.41) is 4.00. The zero-order chi connectivity index (χ0) is 25.4. The lowest BCUT2D eigenvalue weighted by Gasteiger charge is -2.43. The van der Waals surface area contributed by atoms with Crippen molar-refractivity contribution in [1.82, 2.24) is 15.1 Å². The second kappa shape index (κ2) is 14.7. The van der Waals surface area contributed by atoms with E-state index in [2.05, 4.69) is 63.6 Å². The molecule has 3 nitrogen and oxygen atoms in total. The minimum absolute atomic E-state index is 0.669. The van der Waals surface area contributed by atoms with Crippen molar-refractivity contribution >= 4 is 0 Å². The van der Waals surface area contributed by atoms with Crippen molar-refractivity contribution in [1.29, 1.82) is 0 Å². The minimum atomic E-state index is 0.669. The summed E-state index contributed by atoms with van der Waals surface area (Å²) in [4.78, 5) is 5.69. The van der Waals surface area contributed by atoms with E-state index in [0.29, 0.717) is 6.04 Å². The number of nitrogens with one attached hydrogen (secondary N) is 1. The molecule has 3 aliphatic rings. The van der Waals surface area contributed by atoms with E-state index in [1.165, 1.54) is 103 Å². The summed E-state index contributed by atoms with van der Waals surface area (Å²) >= 11 is 0. The summed E-state index contributed by atoms with van der Waals surface area (Å²) in [5.74, 6) is 5.37. The van der Waals surface area contributed by atoms with Crippen molar-refractivity contribution in [2.24, 2.45) is 35.5 Å². The third kappa shape index (κ3) is 9.60. The quantitative estimate of drug-likeness (QED) is 0.307. The molecule has 0 bridgehead atoms. The molecule has 1 aliphatic carbocycles. The predicted molar refractivity (Wildman–Crippen MR) is 154 cm³/mol.